The van der Waals surface area contributed by atoms with Gasteiger partial charge in [0.15, 0.2) is 5.78 Å². The van der Waals surface area contributed by atoms with E-state index in [1.807, 2.05) is 31.2 Å². The summed E-state index contributed by atoms with van der Waals surface area (Å²) in [5.74, 6) is 1.15. The first-order valence-electron chi connectivity index (χ1n) is 15.0. The van der Waals surface area contributed by atoms with Gasteiger partial charge in [0.1, 0.15) is 5.84 Å². The van der Waals surface area contributed by atoms with Crippen molar-refractivity contribution in [2.24, 2.45) is 10.4 Å². The first kappa shape index (κ1) is 28.6. The number of carbonyl (C=O) groups excluding carboxylic acids is 1. The first-order chi connectivity index (χ1) is 19.8. The molecule has 4 heteroatoms. The van der Waals surface area contributed by atoms with E-state index in [1.54, 1.807) is 0 Å². The van der Waals surface area contributed by atoms with Gasteiger partial charge < -0.3 is 4.90 Å². The molecule has 0 unspecified atom stereocenters. The van der Waals surface area contributed by atoms with E-state index in [-0.39, 0.29) is 5.78 Å². The predicted molar refractivity (Wildman–Crippen MR) is 168 cm³/mol. The summed E-state index contributed by atoms with van der Waals surface area (Å²) in [6, 6.07) is 18.3. The molecule has 2 aromatic rings. The van der Waals surface area contributed by atoms with Gasteiger partial charge in [0.05, 0.1) is 23.9 Å². The Bertz CT molecular complexity index is 1520. The highest BCUT2D eigenvalue weighted by atomic mass is 16.1. The molecule has 0 spiro atoms. The minimum atomic E-state index is 0.150. The van der Waals surface area contributed by atoms with E-state index in [4.69, 9.17) is 4.99 Å². The van der Waals surface area contributed by atoms with E-state index in [0.29, 0.717) is 24.1 Å². The Morgan fingerprint density at radius 2 is 1.85 bits per heavy atom. The third-order valence-electron chi connectivity index (χ3n) is 8.56. The third-order valence-corrected chi connectivity index (χ3v) is 8.56. The number of carbonyl (C=O) groups is 1. The van der Waals surface area contributed by atoms with Crippen LogP contribution in [0.3, 0.4) is 0 Å². The van der Waals surface area contributed by atoms with Crippen molar-refractivity contribution in [2.45, 2.75) is 79.2 Å². The van der Waals surface area contributed by atoms with Crippen molar-refractivity contribution in [2.75, 3.05) is 6.54 Å². The van der Waals surface area contributed by atoms with E-state index < -0.39 is 0 Å². The minimum Gasteiger partial charge on any atom is -0.348 e. The summed E-state index contributed by atoms with van der Waals surface area (Å²) in [4.78, 5) is 21.2. The van der Waals surface area contributed by atoms with E-state index in [0.717, 1.165) is 77.9 Å². The number of allylic oxidation sites excluding steroid dienone is 7. The molecule has 210 valence electrons. The molecular formula is C37H41N3O. The van der Waals surface area contributed by atoms with Gasteiger partial charge in [-0.1, -0.05) is 87.9 Å². The van der Waals surface area contributed by atoms with Gasteiger partial charge in [0.2, 0.25) is 0 Å². The Balaban J connectivity index is 1.41. The average Bonchev–Trinajstić information content (AvgIpc) is 3.22. The van der Waals surface area contributed by atoms with Crippen LogP contribution in [-0.4, -0.2) is 23.1 Å². The van der Waals surface area contributed by atoms with E-state index in [2.05, 4.69) is 74.2 Å². The molecule has 0 saturated heterocycles. The van der Waals surface area contributed by atoms with Crippen LogP contribution in [0.15, 0.2) is 99.7 Å². The first-order valence-corrected chi connectivity index (χ1v) is 15.0. The van der Waals surface area contributed by atoms with Gasteiger partial charge in [-0.3, -0.25) is 4.79 Å². The van der Waals surface area contributed by atoms with Gasteiger partial charge in [-0.2, -0.15) is 5.26 Å². The Hall–Kier alpha value is -3.97. The van der Waals surface area contributed by atoms with Crippen molar-refractivity contribution in [3.05, 3.63) is 106 Å². The topological polar surface area (TPSA) is 56.5 Å². The van der Waals surface area contributed by atoms with Gasteiger partial charge in [-0.15, -0.1) is 0 Å². The van der Waals surface area contributed by atoms with Crippen molar-refractivity contribution in [1.29, 1.82) is 5.26 Å². The fourth-order valence-electron chi connectivity index (χ4n) is 6.27. The lowest BCUT2D eigenvalue weighted by Crippen LogP contribution is -2.34. The van der Waals surface area contributed by atoms with Gasteiger partial charge in [-0.05, 0) is 83.9 Å². The van der Waals surface area contributed by atoms with E-state index in [1.165, 1.54) is 17.6 Å². The predicted octanol–water partition coefficient (Wildman–Crippen LogP) is 8.87. The second kappa shape index (κ2) is 12.3. The second-order valence-electron chi connectivity index (χ2n) is 12.4. The summed E-state index contributed by atoms with van der Waals surface area (Å²) < 4.78 is 0. The number of nitriles is 1. The van der Waals surface area contributed by atoms with Crippen molar-refractivity contribution in [1.82, 2.24) is 4.90 Å². The van der Waals surface area contributed by atoms with E-state index >= 15 is 0 Å². The van der Waals surface area contributed by atoms with Crippen molar-refractivity contribution < 1.29 is 4.79 Å². The molecule has 4 nitrogen and oxygen atoms in total. The molecule has 0 fully saturated rings. The Kier molecular flexibility index (Phi) is 8.54. The third kappa shape index (κ3) is 6.51. The van der Waals surface area contributed by atoms with Crippen LogP contribution in [0.1, 0.15) is 83.8 Å². The standard InChI is InChI=1S/C37H41N3O/c1-5-6-14-35-39-26(2)36(30-11-9-12-31-22-37(3,4)20-19-29(31)21-30)34(41)25-40(35)24-27-15-17-28(18-16-27)33-13-8-7-10-32(33)23-38/h7-10,12-13,15-18,21H,5-6,11,14,19-20,22,24-25H2,1-4H3. The molecule has 2 aliphatic carbocycles. The second-order valence-corrected chi connectivity index (χ2v) is 12.4. The lowest BCUT2D eigenvalue weighted by atomic mass is 9.74. The van der Waals surface area contributed by atoms with Crippen molar-refractivity contribution in [3.63, 3.8) is 0 Å². The average molecular weight is 544 g/mol. The Morgan fingerprint density at radius 1 is 1.07 bits per heavy atom. The van der Waals surface area contributed by atoms with Crippen molar-refractivity contribution >= 4 is 11.6 Å². The highest BCUT2D eigenvalue weighted by Crippen LogP contribution is 2.42. The molecule has 1 heterocycles. The molecule has 0 bridgehead atoms. The molecule has 0 N–H and O–H groups in total. The highest BCUT2D eigenvalue weighted by molar-refractivity contribution is 6.05. The number of benzene rings is 2. The zero-order valence-electron chi connectivity index (χ0n) is 25.0. The highest BCUT2D eigenvalue weighted by Gasteiger charge is 2.29. The zero-order chi connectivity index (χ0) is 29.0. The number of ketones is 1. The SMILES string of the molecule is CCCCC1=NC(C)=C(C2=CC3=C(C=CC2)CC(C)(C)CC3)C(=O)CN1Cc1ccc(-c2ccccc2C#N)cc1. The zero-order valence-corrected chi connectivity index (χ0v) is 25.0. The molecule has 41 heavy (non-hydrogen) atoms. The largest absolute Gasteiger partial charge is 0.348 e. The van der Waals surface area contributed by atoms with Gasteiger partial charge in [0.25, 0.3) is 0 Å². The molecule has 0 aromatic heterocycles. The van der Waals surface area contributed by atoms with Crippen LogP contribution >= 0.6 is 0 Å². The normalized spacial score (nSPS) is 18.8. The number of rotatable bonds is 7. The van der Waals surface area contributed by atoms with Gasteiger partial charge in [0, 0.05) is 18.5 Å². The Morgan fingerprint density at radius 3 is 2.61 bits per heavy atom. The maximum absolute atomic E-state index is 13.9. The summed E-state index contributed by atoms with van der Waals surface area (Å²) in [5.41, 5.74) is 9.62. The number of hydrogen-bond donors (Lipinski definition) is 0. The van der Waals surface area contributed by atoms with Crippen LogP contribution in [0.2, 0.25) is 0 Å². The minimum absolute atomic E-state index is 0.150. The number of unbranched alkanes of at least 4 members (excludes halogenated alkanes) is 1. The van der Waals surface area contributed by atoms with Gasteiger partial charge in [-0.25, -0.2) is 4.99 Å². The summed E-state index contributed by atoms with van der Waals surface area (Å²) in [6.07, 6.45) is 13.9. The molecule has 1 aliphatic heterocycles. The fourth-order valence-corrected chi connectivity index (χ4v) is 6.27. The van der Waals surface area contributed by atoms with E-state index in [9.17, 15) is 10.1 Å². The number of hydrogen-bond acceptors (Lipinski definition) is 4. The maximum Gasteiger partial charge on any atom is 0.184 e. The maximum atomic E-state index is 13.9. The number of amidine groups is 1. The summed E-state index contributed by atoms with van der Waals surface area (Å²) in [6.45, 7) is 9.85. The Labute approximate surface area is 245 Å². The quantitative estimate of drug-likeness (QED) is 0.350. The fraction of sp³-hybridized carbons (Fsp3) is 0.378. The smallest absolute Gasteiger partial charge is 0.184 e. The van der Waals surface area contributed by atoms with Crippen LogP contribution in [0, 0.1) is 16.7 Å². The summed E-state index contributed by atoms with van der Waals surface area (Å²) in [7, 11) is 0. The molecular weight excluding hydrogens is 502 g/mol. The summed E-state index contributed by atoms with van der Waals surface area (Å²) >= 11 is 0. The van der Waals surface area contributed by atoms with Gasteiger partial charge >= 0.3 is 0 Å². The monoisotopic (exact) mass is 543 g/mol. The molecule has 0 saturated carbocycles. The van der Waals surface area contributed by atoms with Crippen molar-refractivity contribution in [3.8, 4) is 17.2 Å². The molecule has 2 aromatic carbocycles. The summed E-state index contributed by atoms with van der Waals surface area (Å²) in [5, 5.41) is 9.52. The number of aliphatic imine (C=N–C) groups is 1. The molecule has 0 radical (unpaired) electrons. The lowest BCUT2D eigenvalue weighted by molar-refractivity contribution is -0.115. The number of Topliss-reactive ketones (excluding diaryl/α,β-unsaturated/α-hetero) is 1. The van der Waals surface area contributed by atoms with Crippen LogP contribution in [-0.2, 0) is 11.3 Å². The lowest BCUT2D eigenvalue weighted by Gasteiger charge is -2.31. The molecule has 5 rings (SSSR count). The van der Waals surface area contributed by atoms with Crippen LogP contribution in [0.4, 0.5) is 0 Å². The number of nitrogens with zero attached hydrogens (tertiary/aromatic N) is 3. The molecule has 0 amide bonds. The van der Waals surface area contributed by atoms with Crippen LogP contribution in [0.5, 0.6) is 0 Å². The molecule has 0 atom stereocenters. The van der Waals surface area contributed by atoms with Crippen LogP contribution in [0.25, 0.3) is 11.1 Å². The van der Waals surface area contributed by atoms with Crippen LogP contribution < -0.4 is 0 Å². The molecule has 3 aliphatic rings.